The molecule has 3 heteroatoms. The molecule has 0 unspecified atom stereocenters. The second-order valence-electron chi connectivity index (χ2n) is 4.67. The van der Waals surface area contributed by atoms with Gasteiger partial charge in [0.25, 0.3) is 0 Å². The molecule has 104 valence electrons. The third kappa shape index (κ3) is 5.45. The van der Waals surface area contributed by atoms with Crippen LogP contribution >= 0.6 is 23.5 Å². The van der Waals surface area contributed by atoms with Crippen LogP contribution in [0.2, 0.25) is 0 Å². The van der Waals surface area contributed by atoms with Crippen LogP contribution in [-0.2, 0) is 0 Å². The molecule has 2 rings (SSSR count). The summed E-state index contributed by atoms with van der Waals surface area (Å²) in [7, 11) is 4.21. The maximum atomic E-state index is 2.26. The highest BCUT2D eigenvalue weighted by atomic mass is 32.2. The van der Waals surface area contributed by atoms with Gasteiger partial charge in [-0.15, -0.1) is 0 Å². The Hall–Kier alpha value is -1.16. The predicted molar refractivity (Wildman–Crippen MR) is 91.2 cm³/mol. The van der Waals surface area contributed by atoms with Gasteiger partial charge in [-0.1, -0.05) is 59.9 Å². The molecule has 0 spiro atoms. The first-order valence-corrected chi connectivity index (χ1v) is 8.22. The van der Waals surface area contributed by atoms with Crippen molar-refractivity contribution >= 4 is 23.5 Å². The lowest BCUT2D eigenvalue weighted by Crippen LogP contribution is -2.13. The molecule has 0 aliphatic heterocycles. The summed E-state index contributed by atoms with van der Waals surface area (Å²) < 4.78 is 0. The highest BCUT2D eigenvalue weighted by molar-refractivity contribution is 8.06. The fraction of sp³-hybridized carbons (Fsp3) is 0.176. The van der Waals surface area contributed by atoms with Gasteiger partial charge in [-0.05, 0) is 43.8 Å². The van der Waals surface area contributed by atoms with Gasteiger partial charge in [0, 0.05) is 21.2 Å². The molecule has 0 fully saturated rings. The van der Waals surface area contributed by atoms with Gasteiger partial charge in [0.15, 0.2) is 0 Å². The Labute approximate surface area is 130 Å². The summed E-state index contributed by atoms with van der Waals surface area (Å²) in [5, 5.41) is 2.26. The van der Waals surface area contributed by atoms with Crippen LogP contribution in [0.1, 0.15) is 0 Å². The summed E-state index contributed by atoms with van der Waals surface area (Å²) in [5.41, 5.74) is 0. The van der Waals surface area contributed by atoms with E-state index >= 15 is 0 Å². The zero-order valence-corrected chi connectivity index (χ0v) is 13.5. The van der Waals surface area contributed by atoms with Gasteiger partial charge in [-0.25, -0.2) is 0 Å². The number of hydrogen-bond donors (Lipinski definition) is 0. The van der Waals surface area contributed by atoms with Crippen LogP contribution in [0, 0.1) is 0 Å². The zero-order chi connectivity index (χ0) is 14.2. The van der Waals surface area contributed by atoms with Gasteiger partial charge in [0.2, 0.25) is 0 Å². The minimum Gasteiger partial charge on any atom is -0.305 e. The molecule has 20 heavy (non-hydrogen) atoms. The number of nitrogens with zero attached hydrogens (tertiary/aromatic N) is 1. The molecule has 0 aromatic heterocycles. The van der Waals surface area contributed by atoms with Crippen molar-refractivity contribution in [2.75, 3.05) is 20.6 Å². The molecule has 0 bridgehead atoms. The van der Waals surface area contributed by atoms with E-state index in [0.717, 1.165) is 6.54 Å². The molecule has 1 nitrogen and oxygen atoms in total. The highest BCUT2D eigenvalue weighted by Crippen LogP contribution is 2.30. The van der Waals surface area contributed by atoms with E-state index in [9.17, 15) is 0 Å². The van der Waals surface area contributed by atoms with Gasteiger partial charge in [-0.3, -0.25) is 0 Å². The summed E-state index contributed by atoms with van der Waals surface area (Å²) in [6, 6.07) is 21.0. The van der Waals surface area contributed by atoms with Gasteiger partial charge in [-0.2, -0.15) is 0 Å². The topological polar surface area (TPSA) is 3.24 Å². The van der Waals surface area contributed by atoms with Crippen molar-refractivity contribution in [3.05, 3.63) is 71.0 Å². The molecule has 0 aliphatic rings. The number of likely N-dealkylation sites (N-methyl/N-ethyl adjacent to an activating group) is 1. The summed E-state index contributed by atoms with van der Waals surface area (Å²) in [6.45, 7) is 0.958. The summed E-state index contributed by atoms with van der Waals surface area (Å²) in [5.74, 6) is 0. The van der Waals surface area contributed by atoms with Gasteiger partial charge < -0.3 is 4.90 Å². The van der Waals surface area contributed by atoms with Crippen LogP contribution in [-0.4, -0.2) is 25.5 Å². The van der Waals surface area contributed by atoms with Gasteiger partial charge in [0.05, 0.1) is 0 Å². The Morgan fingerprint density at radius 3 is 2.00 bits per heavy atom. The molecule has 0 atom stereocenters. The monoisotopic (exact) mass is 301 g/mol. The Morgan fingerprint density at radius 1 is 0.900 bits per heavy atom. The third-order valence-electron chi connectivity index (χ3n) is 2.53. The normalized spacial score (nSPS) is 11.8. The third-order valence-corrected chi connectivity index (χ3v) is 4.65. The van der Waals surface area contributed by atoms with Crippen LogP contribution in [0.3, 0.4) is 0 Å². The molecule has 0 saturated heterocycles. The average molecular weight is 301 g/mol. The van der Waals surface area contributed by atoms with Gasteiger partial charge in [0.1, 0.15) is 0 Å². The van der Waals surface area contributed by atoms with E-state index < -0.39 is 0 Å². The van der Waals surface area contributed by atoms with E-state index in [4.69, 9.17) is 0 Å². The molecule has 0 aliphatic carbocycles. The average Bonchev–Trinajstić information content (AvgIpc) is 2.46. The Balaban J connectivity index is 2.07. The first kappa shape index (κ1) is 15.2. The van der Waals surface area contributed by atoms with Crippen molar-refractivity contribution in [1.29, 1.82) is 0 Å². The quantitative estimate of drug-likeness (QED) is 0.693. The van der Waals surface area contributed by atoms with Crippen molar-refractivity contribution in [3.63, 3.8) is 0 Å². The minimum atomic E-state index is 0.958. The van der Waals surface area contributed by atoms with E-state index in [0.29, 0.717) is 0 Å². The van der Waals surface area contributed by atoms with Crippen LogP contribution in [0.25, 0.3) is 0 Å². The van der Waals surface area contributed by atoms with Crippen LogP contribution in [0.15, 0.2) is 80.8 Å². The minimum absolute atomic E-state index is 0.958. The number of thioether (sulfide) groups is 2. The number of hydrogen-bond acceptors (Lipinski definition) is 3. The molecule has 0 saturated carbocycles. The smallest absolute Gasteiger partial charge is 0.0296 e. The lowest BCUT2D eigenvalue weighted by atomic mass is 10.4. The van der Waals surface area contributed by atoms with Gasteiger partial charge >= 0.3 is 0 Å². The predicted octanol–water partition coefficient (Wildman–Crippen LogP) is 4.97. The van der Waals surface area contributed by atoms with Crippen molar-refractivity contribution in [1.82, 2.24) is 4.90 Å². The van der Waals surface area contributed by atoms with E-state index in [2.05, 4.69) is 79.0 Å². The van der Waals surface area contributed by atoms with Crippen molar-refractivity contribution in [2.24, 2.45) is 0 Å². The Bertz CT molecular complexity index is 535. The fourth-order valence-corrected chi connectivity index (χ4v) is 3.59. The second-order valence-corrected chi connectivity index (χ2v) is 6.81. The standard InChI is InChI=1S/C17H19NS2/c1-18(2)13-17(20-16-11-7-4-8-12-16)14-19-15-9-5-3-6-10-15/h3-12,14H,13H2,1-2H3/b17-14-. The van der Waals surface area contributed by atoms with Crippen molar-refractivity contribution in [2.45, 2.75) is 9.79 Å². The van der Waals surface area contributed by atoms with E-state index in [1.807, 2.05) is 17.8 Å². The fourth-order valence-electron chi connectivity index (χ4n) is 1.68. The summed E-state index contributed by atoms with van der Waals surface area (Å²) >= 11 is 3.62. The highest BCUT2D eigenvalue weighted by Gasteiger charge is 2.03. The molecule has 2 aromatic carbocycles. The first-order valence-electron chi connectivity index (χ1n) is 6.52. The number of rotatable bonds is 6. The number of benzene rings is 2. The SMILES string of the molecule is CN(C)C/C(=C/Sc1ccccc1)Sc1ccccc1. The summed E-state index contributed by atoms with van der Waals surface area (Å²) in [6.07, 6.45) is 0. The molecule has 0 amide bonds. The molecular weight excluding hydrogens is 282 g/mol. The van der Waals surface area contributed by atoms with Crippen LogP contribution < -0.4 is 0 Å². The molecule has 0 N–H and O–H groups in total. The lowest BCUT2D eigenvalue weighted by molar-refractivity contribution is 0.454. The molecule has 0 heterocycles. The van der Waals surface area contributed by atoms with Crippen LogP contribution in [0.4, 0.5) is 0 Å². The molecule has 0 radical (unpaired) electrons. The Kier molecular flexibility index (Phi) is 6.25. The van der Waals surface area contributed by atoms with Crippen LogP contribution in [0.5, 0.6) is 0 Å². The molecule has 2 aromatic rings. The maximum absolute atomic E-state index is 2.26. The largest absolute Gasteiger partial charge is 0.305 e. The maximum Gasteiger partial charge on any atom is 0.0296 e. The zero-order valence-electron chi connectivity index (χ0n) is 11.8. The summed E-state index contributed by atoms with van der Waals surface area (Å²) in [4.78, 5) is 6.12. The second kappa shape index (κ2) is 8.20. The van der Waals surface area contributed by atoms with Crippen molar-refractivity contribution < 1.29 is 0 Å². The molecular formula is C17H19NS2. The van der Waals surface area contributed by atoms with E-state index in [1.54, 1.807) is 11.8 Å². The first-order chi connectivity index (χ1) is 9.74. The lowest BCUT2D eigenvalue weighted by Gasteiger charge is -2.13. The van der Waals surface area contributed by atoms with Crippen molar-refractivity contribution in [3.8, 4) is 0 Å². The van der Waals surface area contributed by atoms with E-state index in [-0.39, 0.29) is 0 Å². The van der Waals surface area contributed by atoms with E-state index in [1.165, 1.54) is 14.7 Å². The Morgan fingerprint density at radius 2 is 1.45 bits per heavy atom.